The van der Waals surface area contributed by atoms with Crippen molar-refractivity contribution in [3.8, 4) is 5.88 Å². The molecule has 0 radical (unpaired) electrons. The van der Waals surface area contributed by atoms with Crippen molar-refractivity contribution in [1.82, 2.24) is 9.97 Å². The van der Waals surface area contributed by atoms with Gasteiger partial charge in [0.1, 0.15) is 4.90 Å². The summed E-state index contributed by atoms with van der Waals surface area (Å²) >= 11 is 0. The van der Waals surface area contributed by atoms with E-state index in [-0.39, 0.29) is 4.90 Å². The molecule has 0 fully saturated rings. The number of ether oxygens (including phenoxy) is 1. The van der Waals surface area contributed by atoms with Crippen LogP contribution in [0.4, 0.5) is 5.69 Å². The maximum Gasteiger partial charge on any atom is 0.264 e. The summed E-state index contributed by atoms with van der Waals surface area (Å²) in [7, 11) is -2.27. The minimum absolute atomic E-state index is 0.130. The number of nitrogens with one attached hydrogen (secondary N) is 1. The normalized spacial score (nSPS) is 11.4. The number of fused-ring (bicyclic) bond motifs is 1. The molecule has 6 nitrogen and oxygen atoms in total. The lowest BCUT2D eigenvalue weighted by Gasteiger charge is -2.10. The minimum Gasteiger partial charge on any atom is -0.481 e. The van der Waals surface area contributed by atoms with Gasteiger partial charge in [0.05, 0.1) is 24.5 Å². The zero-order chi connectivity index (χ0) is 16.4. The van der Waals surface area contributed by atoms with E-state index in [1.165, 1.54) is 19.4 Å². The number of benzene rings is 1. The fourth-order valence-corrected chi connectivity index (χ4v) is 3.46. The molecular formula is C16H15N3O3S. The Morgan fingerprint density at radius 1 is 1.09 bits per heavy atom. The number of aryl methyl sites for hydroxylation is 1. The number of methoxy groups -OCH3 is 1. The van der Waals surface area contributed by atoms with Crippen LogP contribution in [-0.2, 0) is 10.0 Å². The van der Waals surface area contributed by atoms with E-state index in [0.29, 0.717) is 17.1 Å². The maximum atomic E-state index is 12.6. The van der Waals surface area contributed by atoms with Crippen LogP contribution in [0.25, 0.3) is 10.9 Å². The van der Waals surface area contributed by atoms with E-state index in [9.17, 15) is 8.42 Å². The summed E-state index contributed by atoms with van der Waals surface area (Å²) < 4.78 is 32.8. The van der Waals surface area contributed by atoms with Crippen LogP contribution >= 0.6 is 0 Å². The zero-order valence-corrected chi connectivity index (χ0v) is 13.5. The number of pyridine rings is 2. The van der Waals surface area contributed by atoms with Crippen molar-refractivity contribution in [3.05, 3.63) is 54.4 Å². The molecule has 3 aromatic rings. The Labute approximate surface area is 134 Å². The molecule has 23 heavy (non-hydrogen) atoms. The number of hydrogen-bond acceptors (Lipinski definition) is 5. The first-order chi connectivity index (χ1) is 11.0. The van der Waals surface area contributed by atoms with Crippen LogP contribution in [0.3, 0.4) is 0 Å². The minimum atomic E-state index is -3.77. The maximum absolute atomic E-state index is 12.6. The largest absolute Gasteiger partial charge is 0.481 e. The monoisotopic (exact) mass is 329 g/mol. The molecule has 118 valence electrons. The number of aromatic nitrogens is 2. The topological polar surface area (TPSA) is 81.2 Å². The van der Waals surface area contributed by atoms with Crippen LogP contribution in [0, 0.1) is 6.92 Å². The molecule has 1 aromatic carbocycles. The van der Waals surface area contributed by atoms with Gasteiger partial charge in [0.2, 0.25) is 5.88 Å². The Kier molecular flexibility index (Phi) is 3.87. The van der Waals surface area contributed by atoms with E-state index in [1.54, 1.807) is 24.4 Å². The highest BCUT2D eigenvalue weighted by molar-refractivity contribution is 7.93. The molecule has 0 spiro atoms. The van der Waals surface area contributed by atoms with Gasteiger partial charge in [-0.25, -0.2) is 13.4 Å². The summed E-state index contributed by atoms with van der Waals surface area (Å²) in [5.41, 5.74) is 1.77. The Bertz CT molecular complexity index is 954. The number of hydrogen-bond donors (Lipinski definition) is 1. The van der Waals surface area contributed by atoms with Crippen LogP contribution in [0.5, 0.6) is 5.88 Å². The van der Waals surface area contributed by atoms with Crippen molar-refractivity contribution >= 4 is 26.6 Å². The molecule has 2 heterocycles. The molecule has 1 N–H and O–H groups in total. The number of nitrogens with zero attached hydrogens (tertiary/aromatic N) is 2. The van der Waals surface area contributed by atoms with Gasteiger partial charge in [-0.05, 0) is 30.7 Å². The molecule has 0 unspecified atom stereocenters. The smallest absolute Gasteiger partial charge is 0.264 e. The average Bonchev–Trinajstić information content (AvgIpc) is 2.54. The molecule has 0 saturated heterocycles. The van der Waals surface area contributed by atoms with E-state index in [4.69, 9.17) is 4.74 Å². The van der Waals surface area contributed by atoms with E-state index in [0.717, 1.165) is 10.9 Å². The zero-order valence-electron chi connectivity index (χ0n) is 12.6. The number of sulfonamides is 1. The van der Waals surface area contributed by atoms with Crippen LogP contribution < -0.4 is 9.46 Å². The fraction of sp³-hybridized carbons (Fsp3) is 0.125. The third kappa shape index (κ3) is 3.09. The van der Waals surface area contributed by atoms with E-state index >= 15 is 0 Å². The van der Waals surface area contributed by atoms with Crippen LogP contribution in [0.2, 0.25) is 0 Å². The lowest BCUT2D eigenvalue weighted by atomic mass is 10.2. The SMILES string of the molecule is COc1ccc(NS(=O)(=O)c2cccc3cc(C)cnc23)cn1. The first-order valence-corrected chi connectivity index (χ1v) is 8.36. The van der Waals surface area contributed by atoms with Crippen molar-refractivity contribution in [2.24, 2.45) is 0 Å². The van der Waals surface area contributed by atoms with Gasteiger partial charge in [-0.1, -0.05) is 12.1 Å². The van der Waals surface area contributed by atoms with Gasteiger partial charge >= 0.3 is 0 Å². The summed E-state index contributed by atoms with van der Waals surface area (Å²) in [6, 6.07) is 10.1. The van der Waals surface area contributed by atoms with Crippen LogP contribution in [0.15, 0.2) is 53.7 Å². The highest BCUT2D eigenvalue weighted by Gasteiger charge is 2.18. The molecule has 0 saturated carbocycles. The predicted molar refractivity (Wildman–Crippen MR) is 88.1 cm³/mol. The predicted octanol–water partition coefficient (Wildman–Crippen LogP) is 2.75. The molecule has 2 aromatic heterocycles. The van der Waals surface area contributed by atoms with Crippen molar-refractivity contribution in [2.45, 2.75) is 11.8 Å². The second-order valence-corrected chi connectivity index (χ2v) is 6.69. The Morgan fingerprint density at radius 2 is 1.91 bits per heavy atom. The first kappa shape index (κ1) is 15.2. The fourth-order valence-electron chi connectivity index (χ4n) is 2.23. The summed E-state index contributed by atoms with van der Waals surface area (Å²) in [5, 5.41) is 0.778. The first-order valence-electron chi connectivity index (χ1n) is 6.88. The highest BCUT2D eigenvalue weighted by atomic mass is 32.2. The van der Waals surface area contributed by atoms with Gasteiger partial charge in [-0.2, -0.15) is 0 Å². The molecule has 0 aliphatic carbocycles. The van der Waals surface area contributed by atoms with Crippen molar-refractivity contribution in [2.75, 3.05) is 11.8 Å². The van der Waals surface area contributed by atoms with Gasteiger partial charge < -0.3 is 4.74 Å². The van der Waals surface area contributed by atoms with Gasteiger partial charge in [0, 0.05) is 17.6 Å². The van der Waals surface area contributed by atoms with Gasteiger partial charge in [-0.15, -0.1) is 0 Å². The summed E-state index contributed by atoms with van der Waals surface area (Å²) in [6.07, 6.45) is 3.05. The Morgan fingerprint density at radius 3 is 2.61 bits per heavy atom. The van der Waals surface area contributed by atoms with Crippen LogP contribution in [0.1, 0.15) is 5.56 Å². The number of anilines is 1. The third-order valence-electron chi connectivity index (χ3n) is 3.30. The molecule has 0 amide bonds. The highest BCUT2D eigenvalue weighted by Crippen LogP contribution is 2.24. The molecule has 3 rings (SSSR count). The molecule has 0 aliphatic heterocycles. The summed E-state index contributed by atoms with van der Waals surface area (Å²) in [6.45, 7) is 1.91. The molecule has 0 aliphatic rings. The summed E-state index contributed by atoms with van der Waals surface area (Å²) in [4.78, 5) is 8.38. The Hall–Kier alpha value is -2.67. The average molecular weight is 329 g/mol. The van der Waals surface area contributed by atoms with Gasteiger partial charge in [0.15, 0.2) is 0 Å². The number of para-hydroxylation sites is 1. The molecular weight excluding hydrogens is 314 g/mol. The molecule has 0 bridgehead atoms. The quantitative estimate of drug-likeness (QED) is 0.796. The third-order valence-corrected chi connectivity index (χ3v) is 4.71. The van der Waals surface area contributed by atoms with Gasteiger partial charge in [0.25, 0.3) is 10.0 Å². The number of rotatable bonds is 4. The van der Waals surface area contributed by atoms with Crippen LogP contribution in [-0.4, -0.2) is 25.5 Å². The summed E-state index contributed by atoms with van der Waals surface area (Å²) in [5.74, 6) is 0.412. The van der Waals surface area contributed by atoms with E-state index < -0.39 is 10.0 Å². The molecule has 7 heteroatoms. The van der Waals surface area contributed by atoms with Crippen molar-refractivity contribution in [3.63, 3.8) is 0 Å². The van der Waals surface area contributed by atoms with Gasteiger partial charge in [-0.3, -0.25) is 9.71 Å². The standard InChI is InChI=1S/C16H15N3O3S/c1-11-8-12-4-3-5-14(16(12)18-9-11)23(20,21)19-13-6-7-15(22-2)17-10-13/h3-10,19H,1-2H3. The van der Waals surface area contributed by atoms with E-state index in [2.05, 4.69) is 14.7 Å². The lowest BCUT2D eigenvalue weighted by Crippen LogP contribution is -2.14. The van der Waals surface area contributed by atoms with E-state index in [1.807, 2.05) is 19.1 Å². The molecule has 0 atom stereocenters. The van der Waals surface area contributed by atoms with Crippen molar-refractivity contribution < 1.29 is 13.2 Å². The Balaban J connectivity index is 2.02. The second kappa shape index (κ2) is 5.85. The second-order valence-electron chi connectivity index (χ2n) is 5.04. The van der Waals surface area contributed by atoms with Crippen molar-refractivity contribution in [1.29, 1.82) is 0 Å². The lowest BCUT2D eigenvalue weighted by molar-refractivity contribution is 0.398.